The largest absolute Gasteiger partial charge is 0.504 e. The predicted molar refractivity (Wildman–Crippen MR) is 171 cm³/mol. The van der Waals surface area contributed by atoms with E-state index in [2.05, 4.69) is 28.6 Å². The normalized spacial score (nSPS) is 16.8. The molecule has 0 radical (unpaired) electrons. The summed E-state index contributed by atoms with van der Waals surface area (Å²) in [4.78, 5) is 55.6. The van der Waals surface area contributed by atoms with Crippen molar-refractivity contribution >= 4 is 42.5 Å². The van der Waals surface area contributed by atoms with Gasteiger partial charge in [-0.2, -0.15) is 12.6 Å². The van der Waals surface area contributed by atoms with E-state index in [-0.39, 0.29) is 35.0 Å². The maximum absolute atomic E-state index is 14.0. The van der Waals surface area contributed by atoms with Crippen molar-refractivity contribution in [3.05, 3.63) is 65.4 Å². The number of hydrogen-bond acceptors (Lipinski definition) is 7. The molecule has 2 saturated carbocycles. The molecule has 2 aromatic carbocycles. The minimum atomic E-state index is -1.13. The summed E-state index contributed by atoms with van der Waals surface area (Å²) in [6.45, 7) is 0. The molecule has 5 amide bonds. The van der Waals surface area contributed by atoms with E-state index in [0.717, 1.165) is 51.4 Å². The zero-order chi connectivity index (χ0) is 31.5. The Morgan fingerprint density at radius 3 is 2.27 bits per heavy atom. The lowest BCUT2D eigenvalue weighted by Gasteiger charge is -2.36. The summed E-state index contributed by atoms with van der Waals surface area (Å²) in [7, 11) is 1.40. The Labute approximate surface area is 264 Å². The fourth-order valence-corrected chi connectivity index (χ4v) is 6.01. The average molecular weight is 623 g/mol. The van der Waals surface area contributed by atoms with E-state index < -0.39 is 29.8 Å². The van der Waals surface area contributed by atoms with Gasteiger partial charge in [-0.3, -0.25) is 19.3 Å². The summed E-state index contributed by atoms with van der Waals surface area (Å²) in [5.41, 5.74) is 0.656. The molecule has 0 saturated heterocycles. The molecule has 2 fully saturated rings. The molecule has 2 aliphatic carbocycles. The maximum atomic E-state index is 14.0. The predicted octanol–water partition coefficient (Wildman–Crippen LogP) is 4.79. The topological polar surface area (TPSA) is 137 Å². The molecule has 0 aliphatic heterocycles. The summed E-state index contributed by atoms with van der Waals surface area (Å²) in [5, 5.41) is 18.4. The van der Waals surface area contributed by atoms with E-state index in [9.17, 15) is 24.3 Å². The second kappa shape index (κ2) is 16.2. The SMILES string of the molecule is COc1cc(/C=C(/NC(=O)c2ccccc2)C(=O)NC(CS)C(=O)N(C(=O)NC2CCCCC2)C2CCCCC2)ccc1O. The van der Waals surface area contributed by atoms with Crippen LogP contribution in [0.1, 0.15) is 80.1 Å². The number of nitrogens with zero attached hydrogens (tertiary/aromatic N) is 1. The van der Waals surface area contributed by atoms with Crippen LogP contribution in [0.15, 0.2) is 54.2 Å². The zero-order valence-corrected chi connectivity index (χ0v) is 26.0. The average Bonchev–Trinajstić information content (AvgIpc) is 3.05. The number of ether oxygens (including phenoxy) is 1. The number of nitrogens with one attached hydrogen (secondary N) is 3. The Kier molecular flexibility index (Phi) is 12.1. The minimum Gasteiger partial charge on any atom is -0.504 e. The number of imide groups is 1. The summed E-state index contributed by atoms with van der Waals surface area (Å²) in [6, 6.07) is 11.1. The van der Waals surface area contributed by atoms with Crippen LogP contribution in [-0.4, -0.2) is 64.7 Å². The minimum absolute atomic E-state index is 0.0178. The van der Waals surface area contributed by atoms with E-state index in [4.69, 9.17) is 4.74 Å². The van der Waals surface area contributed by atoms with Gasteiger partial charge >= 0.3 is 6.03 Å². The standard InChI is InChI=1S/C33H42N4O6S/c1-43-29-20-22(17-18-28(29)38)19-26(35-30(39)23-11-5-2-6-12-23)31(40)36-27(21-44)32(41)37(25-15-9-4-10-16-25)33(42)34-24-13-7-3-8-14-24/h2,5-6,11-12,17-20,24-25,27,38,44H,3-4,7-10,13-16,21H2,1H3,(H,34,42)(H,35,39)(H,36,40)/b26-19+. The highest BCUT2D eigenvalue weighted by atomic mass is 32.1. The highest BCUT2D eigenvalue weighted by molar-refractivity contribution is 7.80. The number of amides is 5. The fraction of sp³-hybridized carbons (Fsp3) is 0.455. The number of methoxy groups -OCH3 is 1. The van der Waals surface area contributed by atoms with Crippen LogP contribution in [-0.2, 0) is 9.59 Å². The monoisotopic (exact) mass is 622 g/mol. The van der Waals surface area contributed by atoms with E-state index in [0.29, 0.717) is 24.0 Å². The third-order valence-electron chi connectivity index (χ3n) is 8.16. The van der Waals surface area contributed by atoms with Crippen molar-refractivity contribution < 1.29 is 29.0 Å². The first-order chi connectivity index (χ1) is 21.3. The molecule has 4 rings (SSSR count). The number of benzene rings is 2. The number of carbonyl (C=O) groups excluding carboxylic acids is 4. The summed E-state index contributed by atoms with van der Waals surface area (Å²) >= 11 is 4.37. The molecule has 0 spiro atoms. The first-order valence-corrected chi connectivity index (χ1v) is 15.9. The molecule has 1 unspecified atom stereocenters. The number of carbonyl (C=O) groups is 4. The van der Waals surface area contributed by atoms with E-state index in [1.54, 1.807) is 36.4 Å². The molecule has 44 heavy (non-hydrogen) atoms. The summed E-state index contributed by atoms with van der Waals surface area (Å²) in [5.74, 6) is -1.75. The van der Waals surface area contributed by atoms with Crippen LogP contribution in [0.4, 0.5) is 4.79 Å². The second-order valence-corrected chi connectivity index (χ2v) is 11.7. The van der Waals surface area contributed by atoms with Crippen LogP contribution in [0.2, 0.25) is 0 Å². The lowest BCUT2D eigenvalue weighted by atomic mass is 9.93. The van der Waals surface area contributed by atoms with Gasteiger partial charge in [0.15, 0.2) is 11.5 Å². The van der Waals surface area contributed by atoms with Crippen molar-refractivity contribution in [1.82, 2.24) is 20.9 Å². The van der Waals surface area contributed by atoms with Gasteiger partial charge in [0.25, 0.3) is 17.7 Å². The first kappa shape index (κ1) is 32.9. The van der Waals surface area contributed by atoms with Crippen molar-refractivity contribution in [3.8, 4) is 11.5 Å². The van der Waals surface area contributed by atoms with Gasteiger partial charge in [0, 0.05) is 23.4 Å². The van der Waals surface area contributed by atoms with Crippen LogP contribution >= 0.6 is 12.6 Å². The molecule has 11 heteroatoms. The van der Waals surface area contributed by atoms with E-state index in [1.165, 1.54) is 30.2 Å². The molecular formula is C33H42N4O6S. The zero-order valence-electron chi connectivity index (χ0n) is 25.1. The van der Waals surface area contributed by atoms with Crippen molar-refractivity contribution in [2.24, 2.45) is 0 Å². The molecule has 236 valence electrons. The molecule has 1 atom stereocenters. The Bertz CT molecular complexity index is 1340. The number of aromatic hydroxyl groups is 1. The van der Waals surface area contributed by atoms with E-state index in [1.807, 2.05) is 0 Å². The van der Waals surface area contributed by atoms with Crippen molar-refractivity contribution in [3.63, 3.8) is 0 Å². The van der Waals surface area contributed by atoms with Crippen LogP contribution in [0.3, 0.4) is 0 Å². The molecule has 0 heterocycles. The second-order valence-electron chi connectivity index (χ2n) is 11.3. The van der Waals surface area contributed by atoms with Gasteiger partial charge in [-0.15, -0.1) is 0 Å². The van der Waals surface area contributed by atoms with Gasteiger partial charge in [0.1, 0.15) is 11.7 Å². The lowest BCUT2D eigenvalue weighted by Crippen LogP contribution is -2.59. The quantitative estimate of drug-likeness (QED) is 0.191. The number of urea groups is 1. The first-order valence-electron chi connectivity index (χ1n) is 15.3. The van der Waals surface area contributed by atoms with Crippen LogP contribution in [0.5, 0.6) is 11.5 Å². The van der Waals surface area contributed by atoms with Crippen molar-refractivity contribution in [1.29, 1.82) is 0 Å². The summed E-state index contributed by atoms with van der Waals surface area (Å²) in [6.07, 6.45) is 10.7. The van der Waals surface area contributed by atoms with Crippen LogP contribution < -0.4 is 20.7 Å². The smallest absolute Gasteiger partial charge is 0.324 e. The molecule has 4 N–H and O–H groups in total. The summed E-state index contributed by atoms with van der Waals surface area (Å²) < 4.78 is 5.19. The highest BCUT2D eigenvalue weighted by Crippen LogP contribution is 2.28. The van der Waals surface area contributed by atoms with E-state index >= 15 is 0 Å². The Hall–Kier alpha value is -3.99. The Morgan fingerprint density at radius 2 is 1.64 bits per heavy atom. The van der Waals surface area contributed by atoms with Gasteiger partial charge < -0.3 is 25.8 Å². The van der Waals surface area contributed by atoms with Crippen LogP contribution in [0, 0.1) is 0 Å². The van der Waals surface area contributed by atoms with Gasteiger partial charge in [0.05, 0.1) is 7.11 Å². The maximum Gasteiger partial charge on any atom is 0.324 e. The Balaban J connectivity index is 1.59. The van der Waals surface area contributed by atoms with Gasteiger partial charge in [-0.1, -0.05) is 62.8 Å². The number of phenolic OH excluding ortho intramolecular Hbond substituents is 1. The molecule has 0 bridgehead atoms. The third-order valence-corrected chi connectivity index (χ3v) is 8.52. The Morgan fingerprint density at radius 1 is 0.977 bits per heavy atom. The third kappa shape index (κ3) is 8.78. The fourth-order valence-electron chi connectivity index (χ4n) is 5.76. The van der Waals surface area contributed by atoms with Gasteiger partial charge in [-0.25, -0.2) is 4.79 Å². The molecule has 10 nitrogen and oxygen atoms in total. The number of rotatable bonds is 10. The van der Waals surface area contributed by atoms with Gasteiger partial charge in [0.2, 0.25) is 0 Å². The molecule has 2 aliphatic rings. The van der Waals surface area contributed by atoms with Crippen molar-refractivity contribution in [2.75, 3.05) is 12.9 Å². The number of thiol groups is 1. The molecule has 0 aromatic heterocycles. The lowest BCUT2D eigenvalue weighted by molar-refractivity contribution is -0.134. The van der Waals surface area contributed by atoms with Crippen LogP contribution in [0.25, 0.3) is 6.08 Å². The van der Waals surface area contributed by atoms with Gasteiger partial charge in [-0.05, 0) is 61.6 Å². The highest BCUT2D eigenvalue weighted by Gasteiger charge is 2.36. The molecular weight excluding hydrogens is 580 g/mol. The number of phenols is 1. The molecule has 2 aromatic rings. The van der Waals surface area contributed by atoms with Crippen molar-refractivity contribution in [2.45, 2.75) is 82.3 Å². The number of hydrogen-bond donors (Lipinski definition) is 5.